The fraction of sp³-hybridized carbons (Fsp3) is 0.400. The molecule has 1 aromatic carbocycles. The van der Waals surface area contributed by atoms with Gasteiger partial charge < -0.3 is 20.2 Å². The van der Waals surface area contributed by atoms with Crippen molar-refractivity contribution in [1.29, 1.82) is 0 Å². The molecule has 3 N–H and O–H groups in total. The SMILES string of the molecule is C[C@H](c1ccccc1)N1C(=O)CC(C)(O)C1(C(=O)O)C(=O)O. The molecule has 1 aliphatic heterocycles. The summed E-state index contributed by atoms with van der Waals surface area (Å²) in [4.78, 5) is 36.5. The van der Waals surface area contributed by atoms with Crippen LogP contribution < -0.4 is 0 Å². The van der Waals surface area contributed by atoms with Gasteiger partial charge in [-0.2, -0.15) is 0 Å². The van der Waals surface area contributed by atoms with Gasteiger partial charge in [-0.1, -0.05) is 30.3 Å². The van der Waals surface area contributed by atoms with Gasteiger partial charge in [-0.3, -0.25) is 4.79 Å². The summed E-state index contributed by atoms with van der Waals surface area (Å²) in [6, 6.07) is 7.68. The fourth-order valence-electron chi connectivity index (χ4n) is 3.10. The average molecular weight is 307 g/mol. The Bertz CT molecular complexity index is 610. The largest absolute Gasteiger partial charge is 0.479 e. The van der Waals surface area contributed by atoms with E-state index in [1.807, 2.05) is 0 Å². The second-order valence-electron chi connectivity index (χ2n) is 5.62. The molecule has 1 aliphatic rings. The number of aliphatic hydroxyl groups is 1. The third-order valence-corrected chi connectivity index (χ3v) is 4.19. The highest BCUT2D eigenvalue weighted by molar-refractivity contribution is 6.11. The summed E-state index contributed by atoms with van der Waals surface area (Å²) in [7, 11) is 0. The molecule has 1 aromatic rings. The smallest absolute Gasteiger partial charge is 0.344 e. The molecule has 1 saturated heterocycles. The first-order valence-corrected chi connectivity index (χ1v) is 6.72. The van der Waals surface area contributed by atoms with E-state index in [9.17, 15) is 29.7 Å². The maximum Gasteiger partial charge on any atom is 0.344 e. The van der Waals surface area contributed by atoms with Gasteiger partial charge in [0.05, 0.1) is 12.5 Å². The Labute approximate surface area is 126 Å². The van der Waals surface area contributed by atoms with Gasteiger partial charge in [0.15, 0.2) is 0 Å². The first kappa shape index (κ1) is 16.0. The Kier molecular flexibility index (Phi) is 3.70. The Morgan fingerprint density at radius 2 is 1.68 bits per heavy atom. The number of carboxylic acid groups (broad SMARTS) is 2. The number of carbonyl (C=O) groups excluding carboxylic acids is 1. The Hall–Kier alpha value is -2.41. The molecular formula is C15H17NO6. The standard InChI is InChI=1S/C15H17NO6/c1-9(10-6-4-3-5-7-10)16-11(17)8-14(2,22)15(16,12(18)19)13(20)21/h3-7,9,22H,8H2,1-2H3,(H,18,19)(H,20,21)/t9-,14?/m1/s1. The highest BCUT2D eigenvalue weighted by Gasteiger charge is 2.71. The molecule has 2 atom stereocenters. The normalized spacial score (nSPS) is 25.0. The highest BCUT2D eigenvalue weighted by Crippen LogP contribution is 2.44. The minimum atomic E-state index is -2.72. The van der Waals surface area contributed by atoms with E-state index in [0.717, 1.165) is 11.8 Å². The van der Waals surface area contributed by atoms with Gasteiger partial charge in [-0.15, -0.1) is 0 Å². The number of hydrogen-bond donors (Lipinski definition) is 3. The topological polar surface area (TPSA) is 115 Å². The molecule has 0 bridgehead atoms. The Morgan fingerprint density at radius 1 is 1.18 bits per heavy atom. The summed E-state index contributed by atoms with van der Waals surface area (Å²) in [5.74, 6) is -4.25. The highest BCUT2D eigenvalue weighted by atomic mass is 16.4. The first-order chi connectivity index (χ1) is 10.2. The van der Waals surface area contributed by atoms with Crippen molar-refractivity contribution in [1.82, 2.24) is 4.90 Å². The van der Waals surface area contributed by atoms with Gasteiger partial charge in [0.2, 0.25) is 5.91 Å². The average Bonchev–Trinajstić information content (AvgIpc) is 2.65. The molecule has 7 heteroatoms. The van der Waals surface area contributed by atoms with Crippen molar-refractivity contribution in [2.24, 2.45) is 0 Å². The van der Waals surface area contributed by atoms with Crippen LogP contribution in [0, 0.1) is 0 Å². The lowest BCUT2D eigenvalue weighted by Gasteiger charge is -2.40. The van der Waals surface area contributed by atoms with E-state index in [1.165, 1.54) is 6.92 Å². The van der Waals surface area contributed by atoms with Crippen molar-refractivity contribution in [2.75, 3.05) is 0 Å². The Morgan fingerprint density at radius 3 is 2.14 bits per heavy atom. The number of carbonyl (C=O) groups is 3. The minimum Gasteiger partial charge on any atom is -0.479 e. The molecule has 0 spiro atoms. The molecule has 2 rings (SSSR count). The van der Waals surface area contributed by atoms with E-state index in [2.05, 4.69) is 0 Å². The molecule has 1 unspecified atom stereocenters. The van der Waals surface area contributed by atoms with E-state index in [-0.39, 0.29) is 0 Å². The van der Waals surface area contributed by atoms with Crippen LogP contribution >= 0.6 is 0 Å². The fourth-order valence-corrected chi connectivity index (χ4v) is 3.10. The van der Waals surface area contributed by atoms with E-state index < -0.39 is 41.4 Å². The molecule has 0 aliphatic carbocycles. The first-order valence-electron chi connectivity index (χ1n) is 6.72. The maximum absolute atomic E-state index is 12.3. The third kappa shape index (κ3) is 1.97. The third-order valence-electron chi connectivity index (χ3n) is 4.19. The number of nitrogens with zero attached hydrogens (tertiary/aromatic N) is 1. The Balaban J connectivity index is 2.63. The van der Waals surface area contributed by atoms with Crippen molar-refractivity contribution in [3.8, 4) is 0 Å². The zero-order valence-corrected chi connectivity index (χ0v) is 12.2. The molecule has 1 heterocycles. The van der Waals surface area contributed by atoms with E-state index in [0.29, 0.717) is 5.56 Å². The molecule has 1 fully saturated rings. The number of carboxylic acids is 2. The van der Waals surface area contributed by atoms with E-state index in [1.54, 1.807) is 30.3 Å². The van der Waals surface area contributed by atoms with Crippen LogP contribution in [0.3, 0.4) is 0 Å². The lowest BCUT2D eigenvalue weighted by molar-refractivity contribution is -0.183. The van der Waals surface area contributed by atoms with Crippen LogP contribution in [0.1, 0.15) is 31.9 Å². The summed E-state index contributed by atoms with van der Waals surface area (Å²) in [5, 5.41) is 29.4. The zero-order chi connectivity index (χ0) is 16.7. The predicted octanol–water partition coefficient (Wildman–Crippen LogP) is 0.639. The van der Waals surface area contributed by atoms with Gasteiger partial charge in [0.1, 0.15) is 5.60 Å². The monoisotopic (exact) mass is 307 g/mol. The van der Waals surface area contributed by atoms with Crippen molar-refractivity contribution >= 4 is 17.8 Å². The number of benzene rings is 1. The number of likely N-dealkylation sites (tertiary alicyclic amines) is 1. The van der Waals surface area contributed by atoms with Crippen LogP contribution in [0.5, 0.6) is 0 Å². The molecule has 0 saturated carbocycles. The lowest BCUT2D eigenvalue weighted by atomic mass is 9.80. The molecule has 22 heavy (non-hydrogen) atoms. The summed E-state index contributed by atoms with van der Waals surface area (Å²) < 4.78 is 0. The molecule has 7 nitrogen and oxygen atoms in total. The molecule has 118 valence electrons. The summed E-state index contributed by atoms with van der Waals surface area (Å²) in [6.07, 6.45) is -0.567. The number of hydrogen-bond acceptors (Lipinski definition) is 4. The predicted molar refractivity (Wildman–Crippen MR) is 74.9 cm³/mol. The van der Waals surface area contributed by atoms with Gasteiger partial charge in [-0.25, -0.2) is 9.59 Å². The van der Waals surface area contributed by atoms with Crippen LogP contribution in [0.4, 0.5) is 0 Å². The van der Waals surface area contributed by atoms with Crippen molar-refractivity contribution < 1.29 is 29.7 Å². The minimum absolute atomic E-state index is 0.567. The van der Waals surface area contributed by atoms with Crippen LogP contribution in [-0.4, -0.2) is 49.2 Å². The van der Waals surface area contributed by atoms with E-state index in [4.69, 9.17) is 0 Å². The van der Waals surface area contributed by atoms with Crippen LogP contribution in [0.25, 0.3) is 0 Å². The van der Waals surface area contributed by atoms with Gasteiger partial charge in [0, 0.05) is 0 Å². The molecular weight excluding hydrogens is 290 g/mol. The molecule has 0 radical (unpaired) electrons. The van der Waals surface area contributed by atoms with Gasteiger partial charge in [0.25, 0.3) is 5.54 Å². The number of amides is 1. The van der Waals surface area contributed by atoms with Crippen molar-refractivity contribution in [3.05, 3.63) is 35.9 Å². The van der Waals surface area contributed by atoms with E-state index >= 15 is 0 Å². The quantitative estimate of drug-likeness (QED) is 0.703. The summed E-state index contributed by atoms with van der Waals surface area (Å²) >= 11 is 0. The number of aliphatic carboxylic acids is 2. The number of rotatable bonds is 4. The lowest BCUT2D eigenvalue weighted by Crippen LogP contribution is -2.67. The van der Waals surface area contributed by atoms with Gasteiger partial charge >= 0.3 is 11.9 Å². The van der Waals surface area contributed by atoms with Crippen LogP contribution in [0.2, 0.25) is 0 Å². The molecule has 1 amide bonds. The van der Waals surface area contributed by atoms with Crippen LogP contribution in [-0.2, 0) is 14.4 Å². The second-order valence-corrected chi connectivity index (χ2v) is 5.62. The van der Waals surface area contributed by atoms with Gasteiger partial charge in [-0.05, 0) is 19.4 Å². The second kappa shape index (κ2) is 5.10. The van der Waals surface area contributed by atoms with Crippen LogP contribution in [0.15, 0.2) is 30.3 Å². The molecule has 0 aromatic heterocycles. The zero-order valence-electron chi connectivity index (χ0n) is 12.2. The summed E-state index contributed by atoms with van der Waals surface area (Å²) in [6.45, 7) is 2.60. The summed E-state index contributed by atoms with van der Waals surface area (Å²) in [5.41, 5.74) is -4.36. The van der Waals surface area contributed by atoms with Crippen molar-refractivity contribution in [2.45, 2.75) is 37.5 Å². The maximum atomic E-state index is 12.3. The van der Waals surface area contributed by atoms with Crippen molar-refractivity contribution in [3.63, 3.8) is 0 Å².